The van der Waals surface area contributed by atoms with Crippen molar-refractivity contribution in [1.82, 2.24) is 15.0 Å². The fraction of sp³-hybridized carbons (Fsp3) is 0.211. The predicted molar refractivity (Wildman–Crippen MR) is 96.2 cm³/mol. The zero-order valence-corrected chi connectivity index (χ0v) is 14.7. The van der Waals surface area contributed by atoms with Crippen molar-refractivity contribution in [3.63, 3.8) is 0 Å². The fourth-order valence-corrected chi connectivity index (χ4v) is 2.82. The molecule has 0 spiro atoms. The summed E-state index contributed by atoms with van der Waals surface area (Å²) in [7, 11) is 0. The summed E-state index contributed by atoms with van der Waals surface area (Å²) >= 11 is 0. The van der Waals surface area contributed by atoms with Crippen molar-refractivity contribution in [1.29, 1.82) is 0 Å². The van der Waals surface area contributed by atoms with Crippen molar-refractivity contribution in [2.24, 2.45) is 5.10 Å². The molecule has 0 saturated heterocycles. The zero-order valence-electron chi connectivity index (χ0n) is 14.7. The number of amides is 1. The van der Waals surface area contributed by atoms with E-state index in [1.54, 1.807) is 12.1 Å². The van der Waals surface area contributed by atoms with Crippen LogP contribution in [0.2, 0.25) is 0 Å². The molecule has 0 radical (unpaired) electrons. The summed E-state index contributed by atoms with van der Waals surface area (Å²) in [5.74, 6) is -0.763. The van der Waals surface area contributed by atoms with Crippen LogP contribution >= 0.6 is 0 Å². The van der Waals surface area contributed by atoms with Crippen molar-refractivity contribution >= 4 is 22.7 Å². The van der Waals surface area contributed by atoms with Gasteiger partial charge in [-0.2, -0.15) is 5.10 Å². The molecule has 0 aliphatic carbocycles. The van der Waals surface area contributed by atoms with Crippen LogP contribution in [0, 0.1) is 18.6 Å². The summed E-state index contributed by atoms with van der Waals surface area (Å²) in [5.41, 5.74) is 4.58. The zero-order chi connectivity index (χ0) is 18.8. The molecule has 26 heavy (non-hydrogen) atoms. The van der Waals surface area contributed by atoms with Crippen molar-refractivity contribution in [3.05, 3.63) is 65.0 Å². The van der Waals surface area contributed by atoms with Crippen LogP contribution in [-0.2, 0) is 6.54 Å². The average molecular weight is 356 g/mol. The lowest BCUT2D eigenvalue weighted by Gasteiger charge is -2.05. The van der Waals surface area contributed by atoms with Crippen LogP contribution in [0.5, 0.6) is 0 Å². The minimum absolute atomic E-state index is 0.00179. The first-order chi connectivity index (χ1) is 12.4. The molecule has 0 saturated carbocycles. The van der Waals surface area contributed by atoms with Gasteiger partial charge in [-0.25, -0.2) is 19.2 Å². The first-order valence-electron chi connectivity index (χ1n) is 8.17. The number of carbonyl (C=O) groups excluding carboxylic acids is 1. The van der Waals surface area contributed by atoms with Crippen LogP contribution in [0.4, 0.5) is 8.78 Å². The Labute approximate surface area is 149 Å². The van der Waals surface area contributed by atoms with Crippen LogP contribution in [-0.4, -0.2) is 21.2 Å². The van der Waals surface area contributed by atoms with E-state index in [1.807, 2.05) is 24.5 Å². The van der Waals surface area contributed by atoms with Crippen molar-refractivity contribution < 1.29 is 13.6 Å². The number of imidazole rings is 1. The quantitative estimate of drug-likeness (QED) is 0.571. The van der Waals surface area contributed by atoms with E-state index in [9.17, 15) is 13.6 Å². The predicted octanol–water partition coefficient (Wildman–Crippen LogP) is 3.80. The minimum atomic E-state index is -0.608. The van der Waals surface area contributed by atoms with Gasteiger partial charge in [-0.3, -0.25) is 4.79 Å². The van der Waals surface area contributed by atoms with Gasteiger partial charge in [-0.15, -0.1) is 0 Å². The highest BCUT2D eigenvalue weighted by Crippen LogP contribution is 2.18. The number of aromatic nitrogens is 2. The number of hydrazone groups is 1. The van der Waals surface area contributed by atoms with Gasteiger partial charge in [0.05, 0.1) is 16.7 Å². The molecule has 1 amide bonds. The second kappa shape index (κ2) is 7.03. The van der Waals surface area contributed by atoms with Gasteiger partial charge in [0, 0.05) is 17.7 Å². The normalized spacial score (nSPS) is 11.8. The van der Waals surface area contributed by atoms with Gasteiger partial charge in [0.25, 0.3) is 5.91 Å². The number of fused-ring (bicyclic) bond motifs is 1. The Balaban J connectivity index is 1.83. The summed E-state index contributed by atoms with van der Waals surface area (Å²) < 4.78 is 29.1. The van der Waals surface area contributed by atoms with E-state index in [-0.39, 0.29) is 11.3 Å². The molecule has 0 fully saturated rings. The smallest absolute Gasteiger partial charge is 0.271 e. The molecular formula is C19H18F2N4O. The molecule has 2 aromatic carbocycles. The van der Waals surface area contributed by atoms with Crippen LogP contribution in [0.15, 0.2) is 41.5 Å². The molecular weight excluding hydrogens is 338 g/mol. The van der Waals surface area contributed by atoms with Gasteiger partial charge in [-0.1, -0.05) is 0 Å². The molecule has 1 heterocycles. The number of carbonyl (C=O) groups is 1. The fourth-order valence-electron chi connectivity index (χ4n) is 2.82. The molecule has 5 nitrogen and oxygen atoms in total. The number of nitrogens with zero attached hydrogens (tertiary/aromatic N) is 3. The number of hydrogen-bond acceptors (Lipinski definition) is 3. The Hall–Kier alpha value is -3.09. The van der Waals surface area contributed by atoms with E-state index < -0.39 is 17.5 Å². The third kappa shape index (κ3) is 3.33. The van der Waals surface area contributed by atoms with E-state index in [0.29, 0.717) is 11.1 Å². The maximum absolute atomic E-state index is 13.7. The standard InChI is InChI=1S/C19H18F2N4O/c1-4-25-12(3)22-17-9-13(5-8-18(17)25)19(26)24-23-11(2)15-10-14(20)6-7-16(15)21/h5-10H,4H2,1-3H3,(H,24,26)/b23-11-. The summed E-state index contributed by atoms with van der Waals surface area (Å²) in [6.45, 7) is 6.21. The highest BCUT2D eigenvalue weighted by atomic mass is 19.1. The SMILES string of the molecule is CCn1c(C)nc2cc(C(=O)N/N=C(/C)c3cc(F)ccc3F)ccc21. The van der Waals surface area contributed by atoms with E-state index in [4.69, 9.17) is 0 Å². The Bertz CT molecular complexity index is 1020. The van der Waals surface area contributed by atoms with Gasteiger partial charge in [-0.05, 0) is 57.2 Å². The van der Waals surface area contributed by atoms with E-state index >= 15 is 0 Å². The lowest BCUT2D eigenvalue weighted by atomic mass is 10.1. The monoisotopic (exact) mass is 356 g/mol. The van der Waals surface area contributed by atoms with E-state index in [0.717, 1.165) is 36.1 Å². The van der Waals surface area contributed by atoms with E-state index in [1.165, 1.54) is 6.92 Å². The third-order valence-corrected chi connectivity index (χ3v) is 4.16. The molecule has 3 aromatic rings. The summed E-state index contributed by atoms with van der Waals surface area (Å²) in [6, 6.07) is 8.27. The lowest BCUT2D eigenvalue weighted by Crippen LogP contribution is -2.19. The number of aryl methyl sites for hydroxylation is 2. The second-order valence-electron chi connectivity index (χ2n) is 5.87. The van der Waals surface area contributed by atoms with Gasteiger partial charge >= 0.3 is 0 Å². The molecule has 0 aliphatic rings. The average Bonchev–Trinajstić information content (AvgIpc) is 2.95. The van der Waals surface area contributed by atoms with Crippen molar-refractivity contribution in [2.45, 2.75) is 27.3 Å². The number of halogens is 2. The summed E-state index contributed by atoms with van der Waals surface area (Å²) in [4.78, 5) is 16.8. The first-order valence-corrected chi connectivity index (χ1v) is 8.17. The number of nitrogens with one attached hydrogen (secondary N) is 1. The maximum atomic E-state index is 13.7. The summed E-state index contributed by atoms with van der Waals surface area (Å²) in [5, 5.41) is 3.88. The molecule has 0 bridgehead atoms. The largest absolute Gasteiger partial charge is 0.329 e. The van der Waals surface area contributed by atoms with Gasteiger partial charge in [0.15, 0.2) is 0 Å². The van der Waals surface area contributed by atoms with E-state index in [2.05, 4.69) is 15.5 Å². The van der Waals surface area contributed by atoms with Crippen LogP contribution < -0.4 is 5.43 Å². The highest BCUT2D eigenvalue weighted by molar-refractivity contribution is 6.01. The second-order valence-corrected chi connectivity index (χ2v) is 5.87. The molecule has 1 N–H and O–H groups in total. The maximum Gasteiger partial charge on any atom is 0.271 e. The molecule has 1 aromatic heterocycles. The van der Waals surface area contributed by atoms with Gasteiger partial charge in [0.1, 0.15) is 17.5 Å². The topological polar surface area (TPSA) is 59.3 Å². The van der Waals surface area contributed by atoms with Gasteiger partial charge in [0.2, 0.25) is 0 Å². The Morgan fingerprint density at radius 2 is 2.00 bits per heavy atom. The Kier molecular flexibility index (Phi) is 4.79. The summed E-state index contributed by atoms with van der Waals surface area (Å²) in [6.07, 6.45) is 0. The highest BCUT2D eigenvalue weighted by Gasteiger charge is 2.12. The minimum Gasteiger partial charge on any atom is -0.329 e. The van der Waals surface area contributed by atoms with Crippen LogP contribution in [0.3, 0.4) is 0 Å². The third-order valence-electron chi connectivity index (χ3n) is 4.16. The Morgan fingerprint density at radius 3 is 2.73 bits per heavy atom. The number of hydrogen-bond donors (Lipinski definition) is 1. The molecule has 3 rings (SSSR count). The molecule has 0 atom stereocenters. The number of rotatable bonds is 4. The first kappa shape index (κ1) is 17.7. The Morgan fingerprint density at radius 1 is 1.23 bits per heavy atom. The van der Waals surface area contributed by atoms with Crippen LogP contribution in [0.1, 0.15) is 35.6 Å². The lowest BCUT2D eigenvalue weighted by molar-refractivity contribution is 0.0955. The molecule has 0 unspecified atom stereocenters. The number of benzene rings is 2. The van der Waals surface area contributed by atoms with Crippen molar-refractivity contribution in [2.75, 3.05) is 0 Å². The molecule has 7 heteroatoms. The molecule has 134 valence electrons. The van der Waals surface area contributed by atoms with Gasteiger partial charge < -0.3 is 4.57 Å². The van der Waals surface area contributed by atoms with Crippen LogP contribution in [0.25, 0.3) is 11.0 Å². The van der Waals surface area contributed by atoms with Crippen molar-refractivity contribution in [3.8, 4) is 0 Å². The molecule has 0 aliphatic heterocycles.